The molecule has 1 atom stereocenters. The van der Waals surface area contributed by atoms with Gasteiger partial charge in [-0.05, 0) is 55.7 Å². The second kappa shape index (κ2) is 9.26. The molecule has 0 spiro atoms. The first kappa shape index (κ1) is 21.0. The minimum atomic E-state index is -0.856. The fraction of sp³-hybridized carbons (Fsp3) is 0.391. The third-order valence-electron chi connectivity index (χ3n) is 6.07. The molecule has 0 saturated carbocycles. The highest BCUT2D eigenvalue weighted by Crippen LogP contribution is 2.27. The number of nitrogen functional groups attached to an aromatic ring is 1. The Bertz CT molecular complexity index is 927. The van der Waals surface area contributed by atoms with Crippen LogP contribution in [0.3, 0.4) is 0 Å². The number of hydrogen-bond acceptors (Lipinski definition) is 5. The molecule has 2 aliphatic rings. The Morgan fingerprint density at radius 3 is 2.42 bits per heavy atom. The largest absolute Gasteiger partial charge is 0.465 e. The molecule has 2 fully saturated rings. The van der Waals surface area contributed by atoms with Crippen molar-refractivity contribution in [1.82, 2.24) is 4.90 Å². The number of anilines is 3. The van der Waals surface area contributed by atoms with E-state index in [0.29, 0.717) is 36.7 Å². The Labute approximate surface area is 181 Å². The third kappa shape index (κ3) is 4.74. The van der Waals surface area contributed by atoms with Crippen LogP contribution in [0.2, 0.25) is 0 Å². The van der Waals surface area contributed by atoms with Gasteiger partial charge in [-0.3, -0.25) is 4.79 Å². The number of para-hydroxylation sites is 2. The molecule has 2 aromatic rings. The summed E-state index contributed by atoms with van der Waals surface area (Å²) >= 11 is 0. The number of nitrogens with two attached hydrogens (primary N) is 1. The highest BCUT2D eigenvalue weighted by Gasteiger charge is 2.36. The van der Waals surface area contributed by atoms with Crippen LogP contribution in [0, 0.1) is 0 Å². The summed E-state index contributed by atoms with van der Waals surface area (Å²) < 4.78 is 5.39. The van der Waals surface area contributed by atoms with Gasteiger partial charge in [0.05, 0.1) is 17.4 Å². The average molecular weight is 425 g/mol. The van der Waals surface area contributed by atoms with Crippen molar-refractivity contribution in [3.63, 3.8) is 0 Å². The molecule has 4 rings (SSSR count). The summed E-state index contributed by atoms with van der Waals surface area (Å²) in [6, 6.07) is 14.5. The first-order valence-electron chi connectivity index (χ1n) is 10.6. The van der Waals surface area contributed by atoms with E-state index in [1.807, 2.05) is 24.3 Å². The normalized spacial score (nSPS) is 19.2. The Balaban J connectivity index is 1.39. The maximum atomic E-state index is 12.5. The number of nitrogens with zero attached hydrogens (tertiary/aromatic N) is 2. The van der Waals surface area contributed by atoms with Crippen LogP contribution in [0.15, 0.2) is 48.5 Å². The van der Waals surface area contributed by atoms with Gasteiger partial charge in [0, 0.05) is 43.6 Å². The van der Waals surface area contributed by atoms with Gasteiger partial charge in [-0.15, -0.1) is 0 Å². The second-order valence-electron chi connectivity index (χ2n) is 8.01. The predicted octanol–water partition coefficient (Wildman–Crippen LogP) is 3.26. The third-order valence-corrected chi connectivity index (χ3v) is 6.07. The number of hydrogen-bond donors (Lipinski definition) is 3. The minimum absolute atomic E-state index is 0.0210. The molecule has 8 nitrogen and oxygen atoms in total. The molecule has 0 aromatic heterocycles. The number of nitrogens with one attached hydrogen (secondary N) is 1. The zero-order valence-electron chi connectivity index (χ0n) is 17.4. The summed E-state index contributed by atoms with van der Waals surface area (Å²) in [7, 11) is 0. The van der Waals surface area contributed by atoms with Gasteiger partial charge in [0.15, 0.2) is 0 Å². The van der Waals surface area contributed by atoms with Gasteiger partial charge < -0.3 is 30.7 Å². The van der Waals surface area contributed by atoms with Crippen molar-refractivity contribution in [3.8, 4) is 0 Å². The van der Waals surface area contributed by atoms with E-state index >= 15 is 0 Å². The number of benzene rings is 2. The molecule has 2 amide bonds. The summed E-state index contributed by atoms with van der Waals surface area (Å²) in [5, 5.41) is 12.6. The van der Waals surface area contributed by atoms with Crippen molar-refractivity contribution in [2.24, 2.45) is 0 Å². The Kier molecular flexibility index (Phi) is 6.27. The van der Waals surface area contributed by atoms with Crippen LogP contribution in [0.25, 0.3) is 0 Å². The molecule has 2 aliphatic heterocycles. The summed E-state index contributed by atoms with van der Waals surface area (Å²) in [4.78, 5) is 28.3. The van der Waals surface area contributed by atoms with E-state index in [0.717, 1.165) is 31.5 Å². The maximum absolute atomic E-state index is 12.5. The molecule has 0 bridgehead atoms. The summed E-state index contributed by atoms with van der Waals surface area (Å²) in [5.74, 6) is -0.222. The number of carbonyl (C=O) groups excluding carboxylic acids is 1. The quantitative estimate of drug-likeness (QED) is 0.636. The zero-order chi connectivity index (χ0) is 21.8. The summed E-state index contributed by atoms with van der Waals surface area (Å²) in [5.41, 5.74) is 8.51. The lowest BCUT2D eigenvalue weighted by Gasteiger charge is -2.36. The van der Waals surface area contributed by atoms with E-state index in [1.54, 1.807) is 29.2 Å². The lowest BCUT2D eigenvalue weighted by atomic mass is 10.0. The zero-order valence-corrected chi connectivity index (χ0v) is 17.4. The van der Waals surface area contributed by atoms with E-state index in [2.05, 4.69) is 10.2 Å². The van der Waals surface area contributed by atoms with E-state index < -0.39 is 6.09 Å². The SMILES string of the molecule is Nc1ccccc1NC(=O)c1ccc(N2CC[C@H](N(C(=O)O)C3CCOCC3)C2)cc1. The number of ether oxygens (including phenoxy) is 1. The van der Waals surface area contributed by atoms with Gasteiger partial charge in [0.25, 0.3) is 5.91 Å². The smallest absolute Gasteiger partial charge is 0.407 e. The van der Waals surface area contributed by atoms with Gasteiger partial charge in [0.2, 0.25) is 0 Å². The van der Waals surface area contributed by atoms with Gasteiger partial charge >= 0.3 is 6.09 Å². The molecular formula is C23H28N4O4. The minimum Gasteiger partial charge on any atom is -0.465 e. The maximum Gasteiger partial charge on any atom is 0.407 e. The van der Waals surface area contributed by atoms with Crippen LogP contribution >= 0.6 is 0 Å². The van der Waals surface area contributed by atoms with Crippen molar-refractivity contribution in [2.75, 3.05) is 42.3 Å². The molecule has 31 heavy (non-hydrogen) atoms. The van der Waals surface area contributed by atoms with Gasteiger partial charge in [-0.1, -0.05) is 12.1 Å². The van der Waals surface area contributed by atoms with Crippen LogP contribution in [-0.2, 0) is 4.74 Å². The Morgan fingerprint density at radius 2 is 1.74 bits per heavy atom. The van der Waals surface area contributed by atoms with E-state index in [-0.39, 0.29) is 18.0 Å². The predicted molar refractivity (Wildman–Crippen MR) is 120 cm³/mol. The molecule has 8 heteroatoms. The molecule has 4 N–H and O–H groups in total. The van der Waals surface area contributed by atoms with Gasteiger partial charge in [0.1, 0.15) is 0 Å². The van der Waals surface area contributed by atoms with E-state index in [1.165, 1.54) is 0 Å². The summed E-state index contributed by atoms with van der Waals surface area (Å²) in [6.07, 6.45) is 1.43. The molecule has 0 radical (unpaired) electrons. The first-order valence-corrected chi connectivity index (χ1v) is 10.6. The number of rotatable bonds is 5. The fourth-order valence-corrected chi connectivity index (χ4v) is 4.41. The van der Waals surface area contributed by atoms with Crippen molar-refractivity contribution < 1.29 is 19.4 Å². The fourth-order valence-electron chi connectivity index (χ4n) is 4.41. The van der Waals surface area contributed by atoms with Crippen molar-refractivity contribution >= 4 is 29.1 Å². The number of carboxylic acid groups (broad SMARTS) is 1. The lowest BCUT2D eigenvalue weighted by Crippen LogP contribution is -2.49. The topological polar surface area (TPSA) is 108 Å². The Hall–Kier alpha value is -3.26. The molecule has 2 aromatic carbocycles. The molecule has 0 unspecified atom stereocenters. The monoisotopic (exact) mass is 424 g/mol. The van der Waals surface area contributed by atoms with Crippen LogP contribution in [0.1, 0.15) is 29.6 Å². The number of amides is 2. The molecule has 164 valence electrons. The van der Waals surface area contributed by atoms with E-state index in [4.69, 9.17) is 10.5 Å². The highest BCUT2D eigenvalue weighted by molar-refractivity contribution is 6.05. The molecular weight excluding hydrogens is 396 g/mol. The molecule has 2 saturated heterocycles. The summed E-state index contributed by atoms with van der Waals surface area (Å²) in [6.45, 7) is 2.66. The second-order valence-corrected chi connectivity index (χ2v) is 8.01. The van der Waals surface area contributed by atoms with Crippen molar-refractivity contribution in [3.05, 3.63) is 54.1 Å². The number of carbonyl (C=O) groups is 2. The molecule has 0 aliphatic carbocycles. The highest BCUT2D eigenvalue weighted by atomic mass is 16.5. The lowest BCUT2D eigenvalue weighted by molar-refractivity contribution is 0.0240. The van der Waals surface area contributed by atoms with Gasteiger partial charge in [-0.2, -0.15) is 0 Å². The van der Waals surface area contributed by atoms with Gasteiger partial charge in [-0.25, -0.2) is 4.79 Å². The average Bonchev–Trinajstić information content (AvgIpc) is 3.25. The first-order chi connectivity index (χ1) is 15.0. The van der Waals surface area contributed by atoms with Crippen LogP contribution < -0.4 is 16.0 Å². The van der Waals surface area contributed by atoms with E-state index in [9.17, 15) is 14.7 Å². The Morgan fingerprint density at radius 1 is 1.03 bits per heavy atom. The van der Waals surface area contributed by atoms with Crippen LogP contribution in [0.4, 0.5) is 21.9 Å². The van der Waals surface area contributed by atoms with Crippen molar-refractivity contribution in [2.45, 2.75) is 31.3 Å². The van der Waals surface area contributed by atoms with Crippen molar-refractivity contribution in [1.29, 1.82) is 0 Å². The molecule has 2 heterocycles. The van der Waals surface area contributed by atoms with Crippen LogP contribution in [-0.4, -0.2) is 60.4 Å². The van der Waals surface area contributed by atoms with Crippen LogP contribution in [0.5, 0.6) is 0 Å². The standard InChI is InChI=1S/C23H28N4O4/c24-20-3-1-2-4-21(20)25-22(28)16-5-7-17(8-6-16)26-12-9-19(15-26)27(23(29)30)18-10-13-31-14-11-18/h1-8,18-19H,9-15,24H2,(H,25,28)(H,29,30)/t19-/m0/s1.